The van der Waals surface area contributed by atoms with Crippen LogP contribution in [0.2, 0.25) is 0 Å². The van der Waals surface area contributed by atoms with Gasteiger partial charge >= 0.3 is 0 Å². The molecule has 7 heteroatoms. The second-order valence-electron chi connectivity index (χ2n) is 5.91. The first-order valence-corrected chi connectivity index (χ1v) is 8.01. The molecule has 1 aromatic carbocycles. The molecule has 3 heterocycles. The lowest BCUT2D eigenvalue weighted by Crippen LogP contribution is -2.33. The Morgan fingerprint density at radius 3 is 2.92 bits per heavy atom. The molecule has 1 unspecified atom stereocenters. The van der Waals surface area contributed by atoms with E-state index < -0.39 is 0 Å². The third-order valence-electron chi connectivity index (χ3n) is 4.39. The fourth-order valence-electron chi connectivity index (χ4n) is 3.25. The van der Waals surface area contributed by atoms with E-state index in [9.17, 15) is 4.39 Å². The minimum absolute atomic E-state index is 0.313. The van der Waals surface area contributed by atoms with E-state index in [1.165, 1.54) is 6.07 Å². The fourth-order valence-corrected chi connectivity index (χ4v) is 3.25. The zero-order valence-corrected chi connectivity index (χ0v) is 13.4. The van der Waals surface area contributed by atoms with Gasteiger partial charge in [0.2, 0.25) is 0 Å². The average molecular weight is 327 g/mol. The van der Waals surface area contributed by atoms with Gasteiger partial charge < -0.3 is 9.64 Å². The Kier molecular flexibility index (Phi) is 3.86. The molecule has 1 fully saturated rings. The maximum absolute atomic E-state index is 14.1. The van der Waals surface area contributed by atoms with Crippen LogP contribution in [0.1, 0.15) is 12.8 Å². The molecule has 1 atom stereocenters. The lowest BCUT2D eigenvalue weighted by atomic mass is 10.2. The highest BCUT2D eigenvalue weighted by atomic mass is 19.1. The van der Waals surface area contributed by atoms with E-state index in [0.717, 1.165) is 25.2 Å². The Hall–Kier alpha value is -2.54. The Morgan fingerprint density at radius 1 is 1.21 bits per heavy atom. The van der Waals surface area contributed by atoms with Gasteiger partial charge in [-0.25, -0.2) is 4.39 Å². The molecule has 2 aromatic heterocycles. The Bertz CT molecular complexity index is 865. The van der Waals surface area contributed by atoms with Gasteiger partial charge in [-0.2, -0.15) is 4.52 Å². The molecule has 0 spiro atoms. The number of rotatable bonds is 4. The van der Waals surface area contributed by atoms with Crippen molar-refractivity contribution in [1.82, 2.24) is 19.8 Å². The lowest BCUT2D eigenvalue weighted by molar-refractivity contribution is 0.180. The molecule has 3 aromatic rings. The summed E-state index contributed by atoms with van der Waals surface area (Å²) in [5.41, 5.74) is 0.990. The number of benzene rings is 1. The van der Waals surface area contributed by atoms with Crippen molar-refractivity contribution >= 4 is 11.5 Å². The van der Waals surface area contributed by atoms with Crippen molar-refractivity contribution in [1.29, 1.82) is 0 Å². The van der Waals surface area contributed by atoms with Crippen LogP contribution in [0.25, 0.3) is 17.0 Å². The normalized spacial score (nSPS) is 17.8. The van der Waals surface area contributed by atoms with E-state index >= 15 is 0 Å². The number of fused-ring (bicyclic) bond motifs is 1. The van der Waals surface area contributed by atoms with Gasteiger partial charge in [-0.15, -0.1) is 15.3 Å². The van der Waals surface area contributed by atoms with E-state index in [1.807, 2.05) is 12.1 Å². The molecule has 0 amide bonds. The van der Waals surface area contributed by atoms with Crippen molar-refractivity contribution in [2.24, 2.45) is 0 Å². The zero-order valence-electron chi connectivity index (χ0n) is 13.4. The van der Waals surface area contributed by atoms with Gasteiger partial charge in [0.1, 0.15) is 11.6 Å². The van der Waals surface area contributed by atoms with Crippen LogP contribution < -0.4 is 4.90 Å². The third kappa shape index (κ3) is 2.50. The quantitative estimate of drug-likeness (QED) is 0.737. The number of nitrogens with zero attached hydrogens (tertiary/aromatic N) is 5. The molecular weight excluding hydrogens is 309 g/mol. The summed E-state index contributed by atoms with van der Waals surface area (Å²) < 4.78 is 21.0. The van der Waals surface area contributed by atoms with Crippen LogP contribution in [-0.2, 0) is 4.74 Å². The lowest BCUT2D eigenvalue weighted by Gasteiger charge is -2.24. The van der Waals surface area contributed by atoms with E-state index in [0.29, 0.717) is 29.7 Å². The number of halogens is 1. The number of hydrogen-bond donors (Lipinski definition) is 0. The number of anilines is 1. The van der Waals surface area contributed by atoms with Crippen LogP contribution in [-0.4, -0.2) is 46.1 Å². The van der Waals surface area contributed by atoms with Crippen LogP contribution in [0.5, 0.6) is 0 Å². The van der Waals surface area contributed by atoms with Gasteiger partial charge in [-0.3, -0.25) is 0 Å². The number of aromatic nitrogens is 4. The van der Waals surface area contributed by atoms with Crippen molar-refractivity contribution in [3.63, 3.8) is 0 Å². The number of methoxy groups -OCH3 is 1. The minimum Gasteiger partial charge on any atom is -0.383 e. The summed E-state index contributed by atoms with van der Waals surface area (Å²) in [7, 11) is 1.71. The van der Waals surface area contributed by atoms with Crippen LogP contribution in [0.3, 0.4) is 0 Å². The van der Waals surface area contributed by atoms with Crippen LogP contribution in [0.4, 0.5) is 10.2 Å². The monoisotopic (exact) mass is 327 g/mol. The molecule has 0 aliphatic carbocycles. The summed E-state index contributed by atoms with van der Waals surface area (Å²) in [6.07, 6.45) is 2.19. The predicted octanol–water partition coefficient (Wildman–Crippen LogP) is 2.55. The van der Waals surface area contributed by atoms with E-state index in [-0.39, 0.29) is 5.82 Å². The van der Waals surface area contributed by atoms with E-state index in [2.05, 4.69) is 20.2 Å². The SMILES string of the molecule is COCC1CCCN1c1ccc2nnc(-c3ccccc3F)n2n1. The molecule has 1 aliphatic rings. The third-order valence-corrected chi connectivity index (χ3v) is 4.39. The first-order chi connectivity index (χ1) is 11.8. The molecule has 124 valence electrons. The number of hydrogen-bond acceptors (Lipinski definition) is 5. The molecule has 0 saturated carbocycles. The van der Waals surface area contributed by atoms with Gasteiger partial charge in [-0.05, 0) is 37.1 Å². The van der Waals surface area contributed by atoms with Crippen molar-refractivity contribution in [3.8, 4) is 11.4 Å². The van der Waals surface area contributed by atoms with Crippen LogP contribution in [0, 0.1) is 5.82 Å². The van der Waals surface area contributed by atoms with Gasteiger partial charge in [0.25, 0.3) is 0 Å². The first-order valence-electron chi connectivity index (χ1n) is 8.01. The van der Waals surface area contributed by atoms with Crippen LogP contribution in [0.15, 0.2) is 36.4 Å². The minimum atomic E-state index is -0.336. The van der Waals surface area contributed by atoms with Gasteiger partial charge in [-0.1, -0.05) is 12.1 Å². The largest absolute Gasteiger partial charge is 0.383 e. The fraction of sp³-hybridized carbons (Fsp3) is 0.353. The predicted molar refractivity (Wildman–Crippen MR) is 88.4 cm³/mol. The molecular formula is C17H18FN5O. The van der Waals surface area contributed by atoms with Crippen molar-refractivity contribution in [2.45, 2.75) is 18.9 Å². The summed E-state index contributed by atoms with van der Waals surface area (Å²) in [4.78, 5) is 2.23. The highest BCUT2D eigenvalue weighted by Gasteiger charge is 2.26. The van der Waals surface area contributed by atoms with Crippen LogP contribution >= 0.6 is 0 Å². The average Bonchev–Trinajstić information content (AvgIpc) is 3.22. The van der Waals surface area contributed by atoms with Gasteiger partial charge in [0, 0.05) is 13.7 Å². The maximum atomic E-state index is 14.1. The first kappa shape index (κ1) is 15.0. The summed E-state index contributed by atoms with van der Waals surface area (Å²) in [6, 6.07) is 10.6. The summed E-state index contributed by atoms with van der Waals surface area (Å²) >= 11 is 0. The van der Waals surface area contributed by atoms with Crippen molar-refractivity contribution < 1.29 is 9.13 Å². The smallest absolute Gasteiger partial charge is 0.188 e. The van der Waals surface area contributed by atoms with Gasteiger partial charge in [0.15, 0.2) is 11.5 Å². The Labute approximate surface area is 138 Å². The molecule has 1 saturated heterocycles. The van der Waals surface area contributed by atoms with E-state index in [4.69, 9.17) is 4.74 Å². The molecule has 4 rings (SSSR count). The molecule has 6 nitrogen and oxygen atoms in total. The molecule has 0 radical (unpaired) electrons. The molecule has 24 heavy (non-hydrogen) atoms. The van der Waals surface area contributed by atoms with E-state index in [1.54, 1.807) is 29.8 Å². The number of ether oxygens (including phenoxy) is 1. The standard InChI is InChI=1S/C17H18FN5O/c1-24-11-12-5-4-10-22(12)16-9-8-15-19-20-17(23(15)21-16)13-6-2-3-7-14(13)18/h2-3,6-9,12H,4-5,10-11H2,1H3. The van der Waals surface area contributed by atoms with Crippen molar-refractivity contribution in [2.75, 3.05) is 25.2 Å². The summed E-state index contributed by atoms with van der Waals surface area (Å²) in [6.45, 7) is 1.60. The molecule has 0 N–H and O–H groups in total. The topological polar surface area (TPSA) is 55.5 Å². The Morgan fingerprint density at radius 2 is 2.08 bits per heavy atom. The molecule has 1 aliphatic heterocycles. The zero-order chi connectivity index (χ0) is 16.5. The van der Waals surface area contributed by atoms with Crippen molar-refractivity contribution in [3.05, 3.63) is 42.2 Å². The molecule has 0 bridgehead atoms. The highest BCUT2D eigenvalue weighted by Crippen LogP contribution is 2.26. The Balaban J connectivity index is 1.78. The summed E-state index contributed by atoms with van der Waals surface area (Å²) in [5, 5.41) is 12.9. The second-order valence-corrected chi connectivity index (χ2v) is 5.91. The maximum Gasteiger partial charge on any atom is 0.188 e. The second kappa shape index (κ2) is 6.16. The highest BCUT2D eigenvalue weighted by molar-refractivity contribution is 5.60. The summed E-state index contributed by atoms with van der Waals surface area (Å²) in [5.74, 6) is 0.907. The van der Waals surface area contributed by atoms with Gasteiger partial charge in [0.05, 0.1) is 18.2 Å².